The Kier molecular flexibility index (Phi) is 2.85. The van der Waals surface area contributed by atoms with Gasteiger partial charge in [-0.05, 0) is 17.5 Å². The minimum Gasteiger partial charge on any atom is -0.312 e. The van der Waals surface area contributed by atoms with E-state index in [4.69, 9.17) is 0 Å². The first kappa shape index (κ1) is 12.0. The lowest BCUT2D eigenvalue weighted by Gasteiger charge is -2.19. The van der Waals surface area contributed by atoms with Crippen molar-refractivity contribution in [1.29, 1.82) is 0 Å². The number of hydrogen-bond donors (Lipinski definition) is 0. The summed E-state index contributed by atoms with van der Waals surface area (Å²) in [6, 6.07) is 4.83. The fourth-order valence-corrected chi connectivity index (χ4v) is 2.21. The standard InChI is InChI=1S/C12H12F3NO/c1-8(17)16-6-5-9-3-2-4-10(11(9)16)7-12(13,14)15/h2-4H,5-7H2,1H3. The average molecular weight is 243 g/mol. The van der Waals surface area contributed by atoms with Crippen molar-refractivity contribution in [2.75, 3.05) is 11.4 Å². The number of carbonyl (C=O) groups is 1. The summed E-state index contributed by atoms with van der Waals surface area (Å²) in [7, 11) is 0. The van der Waals surface area contributed by atoms with E-state index in [9.17, 15) is 18.0 Å². The highest BCUT2D eigenvalue weighted by Crippen LogP contribution is 2.35. The van der Waals surface area contributed by atoms with Gasteiger partial charge in [-0.3, -0.25) is 4.79 Å². The van der Waals surface area contributed by atoms with Gasteiger partial charge in [-0.15, -0.1) is 0 Å². The number of nitrogens with zero attached hydrogens (tertiary/aromatic N) is 1. The molecule has 1 aromatic rings. The number of amides is 1. The van der Waals surface area contributed by atoms with E-state index in [-0.39, 0.29) is 11.5 Å². The summed E-state index contributed by atoms with van der Waals surface area (Å²) in [5.74, 6) is -0.210. The Morgan fingerprint density at radius 3 is 2.71 bits per heavy atom. The maximum atomic E-state index is 12.4. The van der Waals surface area contributed by atoms with Crippen LogP contribution < -0.4 is 4.90 Å². The smallest absolute Gasteiger partial charge is 0.312 e. The molecule has 0 bridgehead atoms. The third-order valence-electron chi connectivity index (χ3n) is 2.85. The Morgan fingerprint density at radius 1 is 1.41 bits per heavy atom. The van der Waals surface area contributed by atoms with Crippen molar-refractivity contribution in [2.45, 2.75) is 25.9 Å². The zero-order valence-corrected chi connectivity index (χ0v) is 9.34. The summed E-state index contributed by atoms with van der Waals surface area (Å²) in [5.41, 5.74) is 1.46. The first-order valence-electron chi connectivity index (χ1n) is 5.34. The second-order valence-corrected chi connectivity index (χ2v) is 4.14. The maximum absolute atomic E-state index is 12.4. The van der Waals surface area contributed by atoms with E-state index in [2.05, 4.69) is 0 Å². The number of fused-ring (bicyclic) bond motifs is 1. The van der Waals surface area contributed by atoms with Crippen LogP contribution in [0.3, 0.4) is 0 Å². The van der Waals surface area contributed by atoms with Gasteiger partial charge in [0.05, 0.1) is 12.1 Å². The number of benzene rings is 1. The molecule has 0 aromatic heterocycles. The summed E-state index contributed by atoms with van der Waals surface area (Å²) in [6.45, 7) is 1.85. The monoisotopic (exact) mass is 243 g/mol. The SMILES string of the molecule is CC(=O)N1CCc2cccc(CC(F)(F)F)c21. The molecule has 0 spiro atoms. The van der Waals surface area contributed by atoms with E-state index >= 15 is 0 Å². The molecule has 0 unspecified atom stereocenters. The fraction of sp³-hybridized carbons (Fsp3) is 0.417. The number of halogens is 3. The maximum Gasteiger partial charge on any atom is 0.393 e. The number of alkyl halides is 3. The van der Waals surface area contributed by atoms with Crippen LogP contribution in [-0.2, 0) is 17.6 Å². The molecule has 17 heavy (non-hydrogen) atoms. The second-order valence-electron chi connectivity index (χ2n) is 4.14. The third-order valence-corrected chi connectivity index (χ3v) is 2.85. The minimum absolute atomic E-state index is 0.183. The van der Waals surface area contributed by atoms with Crippen LogP contribution in [0, 0.1) is 0 Å². The lowest BCUT2D eigenvalue weighted by Crippen LogP contribution is -2.27. The van der Waals surface area contributed by atoms with Crippen molar-refractivity contribution in [3.8, 4) is 0 Å². The number of hydrogen-bond acceptors (Lipinski definition) is 1. The van der Waals surface area contributed by atoms with E-state index < -0.39 is 12.6 Å². The molecule has 0 saturated heterocycles. The van der Waals surface area contributed by atoms with Gasteiger partial charge in [-0.25, -0.2) is 0 Å². The molecule has 1 aliphatic heterocycles. The normalized spacial score (nSPS) is 14.9. The van der Waals surface area contributed by atoms with Crippen LogP contribution in [0.25, 0.3) is 0 Å². The summed E-state index contributed by atoms with van der Waals surface area (Å²) >= 11 is 0. The molecule has 0 N–H and O–H groups in total. The van der Waals surface area contributed by atoms with Crippen LogP contribution in [0.15, 0.2) is 18.2 Å². The lowest BCUT2D eigenvalue weighted by molar-refractivity contribution is -0.127. The van der Waals surface area contributed by atoms with Crippen molar-refractivity contribution >= 4 is 11.6 Å². The van der Waals surface area contributed by atoms with Gasteiger partial charge in [0, 0.05) is 13.5 Å². The van der Waals surface area contributed by atoms with Crippen LogP contribution >= 0.6 is 0 Å². The van der Waals surface area contributed by atoms with Crippen LogP contribution in [0.1, 0.15) is 18.1 Å². The second kappa shape index (κ2) is 4.05. The Morgan fingerprint density at radius 2 is 2.12 bits per heavy atom. The first-order chi connectivity index (χ1) is 7.88. The van der Waals surface area contributed by atoms with E-state index in [1.54, 1.807) is 12.1 Å². The topological polar surface area (TPSA) is 20.3 Å². The first-order valence-corrected chi connectivity index (χ1v) is 5.34. The Labute approximate surface area is 97.0 Å². The highest BCUT2D eigenvalue weighted by molar-refractivity contribution is 5.94. The highest BCUT2D eigenvalue weighted by atomic mass is 19.4. The van der Waals surface area contributed by atoms with Gasteiger partial charge in [-0.1, -0.05) is 18.2 Å². The van der Waals surface area contributed by atoms with E-state index in [1.165, 1.54) is 17.9 Å². The van der Waals surface area contributed by atoms with Crippen LogP contribution in [-0.4, -0.2) is 18.6 Å². The summed E-state index contributed by atoms with van der Waals surface area (Å²) in [5, 5.41) is 0. The molecule has 2 nitrogen and oxygen atoms in total. The molecule has 0 fully saturated rings. The van der Waals surface area contributed by atoms with Crippen molar-refractivity contribution in [2.24, 2.45) is 0 Å². The Hall–Kier alpha value is -1.52. The largest absolute Gasteiger partial charge is 0.393 e. The Balaban J connectivity index is 2.42. The van der Waals surface area contributed by atoms with Crippen LogP contribution in [0.2, 0.25) is 0 Å². The van der Waals surface area contributed by atoms with Crippen LogP contribution in [0.4, 0.5) is 18.9 Å². The molecule has 0 radical (unpaired) electrons. The van der Waals surface area contributed by atoms with Crippen molar-refractivity contribution in [3.63, 3.8) is 0 Å². The lowest BCUT2D eigenvalue weighted by atomic mass is 10.0. The minimum atomic E-state index is -4.25. The number of anilines is 1. The zero-order chi connectivity index (χ0) is 12.6. The quantitative estimate of drug-likeness (QED) is 0.742. The molecular formula is C12H12F3NO. The van der Waals surface area contributed by atoms with Crippen LogP contribution in [0.5, 0.6) is 0 Å². The van der Waals surface area contributed by atoms with Crippen molar-refractivity contribution in [3.05, 3.63) is 29.3 Å². The molecule has 92 valence electrons. The molecule has 1 amide bonds. The van der Waals surface area contributed by atoms with Gasteiger partial charge in [0.25, 0.3) is 0 Å². The van der Waals surface area contributed by atoms with Gasteiger partial charge < -0.3 is 4.90 Å². The number of carbonyl (C=O) groups excluding carboxylic acids is 1. The van der Waals surface area contributed by atoms with Gasteiger partial charge in [-0.2, -0.15) is 13.2 Å². The van der Waals surface area contributed by atoms with Crippen molar-refractivity contribution in [1.82, 2.24) is 0 Å². The molecular weight excluding hydrogens is 231 g/mol. The van der Waals surface area contributed by atoms with Gasteiger partial charge >= 0.3 is 6.18 Å². The average Bonchev–Trinajstić information content (AvgIpc) is 2.59. The van der Waals surface area contributed by atoms with Gasteiger partial charge in [0.15, 0.2) is 0 Å². The number of rotatable bonds is 1. The molecule has 0 saturated carbocycles. The molecule has 1 heterocycles. The summed E-state index contributed by atoms with van der Waals surface area (Å²) < 4.78 is 37.3. The highest BCUT2D eigenvalue weighted by Gasteiger charge is 2.32. The molecule has 1 aromatic carbocycles. The molecule has 5 heteroatoms. The summed E-state index contributed by atoms with van der Waals surface area (Å²) in [6.07, 6.45) is -4.61. The summed E-state index contributed by atoms with van der Waals surface area (Å²) in [4.78, 5) is 12.8. The van der Waals surface area contributed by atoms with E-state index in [1.807, 2.05) is 0 Å². The zero-order valence-electron chi connectivity index (χ0n) is 9.34. The predicted molar refractivity (Wildman–Crippen MR) is 57.9 cm³/mol. The van der Waals surface area contributed by atoms with Gasteiger partial charge in [0.1, 0.15) is 0 Å². The molecule has 0 atom stereocenters. The molecule has 1 aliphatic rings. The molecule has 2 rings (SSSR count). The van der Waals surface area contributed by atoms with E-state index in [0.717, 1.165) is 5.56 Å². The van der Waals surface area contributed by atoms with Crippen molar-refractivity contribution < 1.29 is 18.0 Å². The third kappa shape index (κ3) is 2.43. The predicted octanol–water partition coefficient (Wildman–Crippen LogP) is 2.70. The fourth-order valence-electron chi connectivity index (χ4n) is 2.21. The Bertz CT molecular complexity index is 454. The molecule has 0 aliphatic carbocycles. The van der Waals surface area contributed by atoms with Gasteiger partial charge in [0.2, 0.25) is 5.91 Å². The number of para-hydroxylation sites is 1. The van der Waals surface area contributed by atoms with E-state index in [0.29, 0.717) is 18.7 Å².